The van der Waals surface area contributed by atoms with Crippen molar-refractivity contribution in [2.75, 3.05) is 26.9 Å². The zero-order chi connectivity index (χ0) is 16.7. The Morgan fingerprint density at radius 2 is 2.16 bits per heavy atom. The van der Waals surface area contributed by atoms with E-state index in [0.29, 0.717) is 6.67 Å². The normalized spacial score (nSPS) is 19.2. The highest BCUT2D eigenvalue weighted by Crippen LogP contribution is 2.38. The number of aliphatic imine (C=N–C) groups is 1. The topological polar surface area (TPSA) is 49.1 Å². The second kappa shape index (κ2) is 6.93. The Bertz CT molecular complexity index is 764. The van der Waals surface area contributed by atoms with Crippen molar-refractivity contribution in [3.05, 3.63) is 47.4 Å². The molecule has 1 aromatic heterocycles. The van der Waals surface area contributed by atoms with Crippen molar-refractivity contribution in [1.29, 1.82) is 0 Å². The van der Waals surface area contributed by atoms with Crippen molar-refractivity contribution >= 4 is 24.3 Å². The predicted molar refractivity (Wildman–Crippen MR) is 99.4 cm³/mol. The Balaban J connectivity index is 0.00000182. The highest BCUT2D eigenvalue weighted by molar-refractivity contribution is 5.86. The zero-order valence-electron chi connectivity index (χ0n) is 14.7. The van der Waals surface area contributed by atoms with Crippen LogP contribution >= 0.6 is 12.4 Å². The minimum atomic E-state index is 0. The molecule has 0 unspecified atom stereocenters. The van der Waals surface area contributed by atoms with Gasteiger partial charge in [0, 0.05) is 25.5 Å². The van der Waals surface area contributed by atoms with Crippen LogP contribution in [-0.4, -0.2) is 57.7 Å². The molecule has 134 valence electrons. The molecule has 0 amide bonds. The summed E-state index contributed by atoms with van der Waals surface area (Å²) >= 11 is 0. The molecule has 0 aliphatic carbocycles. The lowest BCUT2D eigenvalue weighted by Crippen LogP contribution is -2.42. The summed E-state index contributed by atoms with van der Waals surface area (Å²) in [7, 11) is 1.69. The van der Waals surface area contributed by atoms with Gasteiger partial charge in [-0.25, -0.2) is 14.7 Å². The van der Waals surface area contributed by atoms with E-state index in [1.807, 2.05) is 34.4 Å². The number of rotatable bonds is 4. The molecule has 0 saturated carbocycles. The molecule has 0 N–H and O–H groups in total. The van der Waals surface area contributed by atoms with Crippen LogP contribution in [0.3, 0.4) is 0 Å². The van der Waals surface area contributed by atoms with Crippen LogP contribution in [-0.2, 0) is 4.84 Å². The maximum Gasteiger partial charge on any atom is 0.139 e. The van der Waals surface area contributed by atoms with Gasteiger partial charge in [0.05, 0.1) is 30.9 Å². The summed E-state index contributed by atoms with van der Waals surface area (Å²) in [6.07, 6.45) is 8.76. The van der Waals surface area contributed by atoms with Gasteiger partial charge in [0.2, 0.25) is 0 Å². The van der Waals surface area contributed by atoms with E-state index in [1.165, 1.54) is 5.57 Å². The molecule has 0 saturated heterocycles. The van der Waals surface area contributed by atoms with Crippen LogP contribution in [0.25, 0.3) is 5.70 Å². The summed E-state index contributed by atoms with van der Waals surface area (Å²) < 4.78 is 1.92. The highest BCUT2D eigenvalue weighted by atomic mass is 35.5. The first-order chi connectivity index (χ1) is 11.7. The lowest BCUT2D eigenvalue weighted by Gasteiger charge is -2.40. The van der Waals surface area contributed by atoms with Crippen LogP contribution in [0.4, 0.5) is 0 Å². The third-order valence-corrected chi connectivity index (χ3v) is 4.48. The molecule has 0 spiro atoms. The molecule has 4 rings (SSSR count). The van der Waals surface area contributed by atoms with Gasteiger partial charge in [-0.15, -0.1) is 12.4 Å². The SMILES string of the molecule is CCCN1CC(C)=C(n2cccn2)C2=C1N1CN(OC)C=C1C=N2.Cl. The molecule has 0 aromatic carbocycles. The molecule has 7 nitrogen and oxygen atoms in total. The second-order valence-electron chi connectivity index (χ2n) is 6.15. The molecule has 4 heterocycles. The highest BCUT2D eigenvalue weighted by Gasteiger charge is 2.36. The van der Waals surface area contributed by atoms with E-state index in [2.05, 4.69) is 28.7 Å². The van der Waals surface area contributed by atoms with Crippen LogP contribution < -0.4 is 0 Å². The van der Waals surface area contributed by atoms with Gasteiger partial charge in [-0.1, -0.05) is 6.92 Å². The standard InChI is InChI=1S/C17H22N6O.ClH/c1-4-7-20-10-13(2)16(23-8-5-6-19-23)15-17(20)22-12-21(24-3)11-14(22)9-18-15;/h5-6,8-9,11H,4,7,10,12H2,1-3H3;1H. The minimum Gasteiger partial charge on any atom is -0.352 e. The third-order valence-electron chi connectivity index (χ3n) is 4.48. The predicted octanol–water partition coefficient (Wildman–Crippen LogP) is 2.49. The summed E-state index contributed by atoms with van der Waals surface area (Å²) in [5.74, 6) is 1.14. The van der Waals surface area contributed by atoms with Crippen LogP contribution in [0, 0.1) is 0 Å². The summed E-state index contributed by atoms with van der Waals surface area (Å²) in [5, 5.41) is 6.25. The maximum absolute atomic E-state index is 5.38. The Morgan fingerprint density at radius 1 is 1.32 bits per heavy atom. The van der Waals surface area contributed by atoms with Crippen molar-refractivity contribution < 1.29 is 4.84 Å². The number of hydroxylamine groups is 2. The van der Waals surface area contributed by atoms with Crippen LogP contribution in [0.15, 0.2) is 52.4 Å². The maximum atomic E-state index is 5.38. The van der Waals surface area contributed by atoms with Gasteiger partial charge in [-0.05, 0) is 25.0 Å². The van der Waals surface area contributed by atoms with Crippen LogP contribution in [0.5, 0.6) is 0 Å². The first-order valence-corrected chi connectivity index (χ1v) is 8.26. The molecular weight excluding hydrogens is 340 g/mol. The quantitative estimate of drug-likeness (QED) is 0.823. The first kappa shape index (κ1) is 17.6. The van der Waals surface area contributed by atoms with Gasteiger partial charge in [-0.3, -0.25) is 4.84 Å². The number of allylic oxidation sites excluding steroid dienone is 2. The van der Waals surface area contributed by atoms with E-state index < -0.39 is 0 Å². The fourth-order valence-electron chi connectivity index (χ4n) is 3.48. The molecule has 0 radical (unpaired) electrons. The average molecular weight is 363 g/mol. The van der Waals surface area contributed by atoms with Crippen LogP contribution in [0.2, 0.25) is 0 Å². The summed E-state index contributed by atoms with van der Waals surface area (Å²) in [4.78, 5) is 14.8. The summed E-state index contributed by atoms with van der Waals surface area (Å²) in [5.41, 5.74) is 4.38. The molecule has 0 atom stereocenters. The molecule has 3 aliphatic rings. The Kier molecular flexibility index (Phi) is 4.87. The first-order valence-electron chi connectivity index (χ1n) is 8.26. The lowest BCUT2D eigenvalue weighted by atomic mass is 10.1. The third kappa shape index (κ3) is 2.83. The van der Waals surface area contributed by atoms with Gasteiger partial charge in [0.1, 0.15) is 18.2 Å². The van der Waals surface area contributed by atoms with E-state index >= 15 is 0 Å². The van der Waals surface area contributed by atoms with Gasteiger partial charge >= 0.3 is 0 Å². The number of nitrogens with zero attached hydrogens (tertiary/aromatic N) is 6. The van der Waals surface area contributed by atoms with E-state index in [0.717, 1.165) is 42.4 Å². The largest absolute Gasteiger partial charge is 0.352 e. The number of halogens is 1. The van der Waals surface area contributed by atoms with Crippen LogP contribution in [0.1, 0.15) is 20.3 Å². The average Bonchev–Trinajstić information content (AvgIpc) is 3.23. The van der Waals surface area contributed by atoms with E-state index in [1.54, 1.807) is 13.3 Å². The molecule has 0 fully saturated rings. The van der Waals surface area contributed by atoms with Crippen molar-refractivity contribution in [3.63, 3.8) is 0 Å². The van der Waals surface area contributed by atoms with Gasteiger partial charge < -0.3 is 9.80 Å². The monoisotopic (exact) mass is 362 g/mol. The molecular formula is C17H23ClN6O. The fraction of sp³-hybridized carbons (Fsp3) is 0.412. The molecule has 3 aliphatic heterocycles. The van der Waals surface area contributed by atoms with Gasteiger partial charge in [0.15, 0.2) is 0 Å². The second-order valence-corrected chi connectivity index (χ2v) is 6.15. The van der Waals surface area contributed by atoms with Crippen molar-refractivity contribution in [2.24, 2.45) is 4.99 Å². The minimum absolute atomic E-state index is 0. The zero-order valence-corrected chi connectivity index (χ0v) is 15.5. The molecule has 25 heavy (non-hydrogen) atoms. The van der Waals surface area contributed by atoms with E-state index in [4.69, 9.17) is 9.83 Å². The van der Waals surface area contributed by atoms with Crippen molar-refractivity contribution in [1.82, 2.24) is 24.6 Å². The van der Waals surface area contributed by atoms with Gasteiger partial charge in [0.25, 0.3) is 0 Å². The number of aromatic nitrogens is 2. The Labute approximate surface area is 153 Å². The summed E-state index contributed by atoms with van der Waals surface area (Å²) in [6.45, 7) is 6.91. The molecule has 1 aromatic rings. The number of hydrogen-bond acceptors (Lipinski definition) is 6. The van der Waals surface area contributed by atoms with E-state index in [9.17, 15) is 0 Å². The van der Waals surface area contributed by atoms with Crippen molar-refractivity contribution in [3.8, 4) is 0 Å². The number of hydrogen-bond donors (Lipinski definition) is 0. The Morgan fingerprint density at radius 3 is 2.84 bits per heavy atom. The van der Waals surface area contributed by atoms with Gasteiger partial charge in [-0.2, -0.15) is 5.10 Å². The fourth-order valence-corrected chi connectivity index (χ4v) is 3.48. The lowest BCUT2D eigenvalue weighted by molar-refractivity contribution is -0.0971. The number of fused-ring (bicyclic) bond motifs is 2. The molecule has 0 bridgehead atoms. The summed E-state index contributed by atoms with van der Waals surface area (Å²) in [6, 6.07) is 1.94. The van der Waals surface area contributed by atoms with Crippen molar-refractivity contribution in [2.45, 2.75) is 20.3 Å². The smallest absolute Gasteiger partial charge is 0.139 e. The molecule has 8 heteroatoms. The van der Waals surface area contributed by atoms with E-state index in [-0.39, 0.29) is 12.4 Å². The Hall–Kier alpha value is -2.25.